The van der Waals surface area contributed by atoms with Gasteiger partial charge in [-0.1, -0.05) is 41.5 Å². The quantitative estimate of drug-likeness (QED) is 0.450. The smallest absolute Gasteiger partial charge is 0.309 e. The van der Waals surface area contributed by atoms with Gasteiger partial charge in [0, 0.05) is 0 Å². The Hall–Kier alpha value is -0.690. The van der Waals surface area contributed by atoms with Gasteiger partial charge in [0.1, 0.15) is 0 Å². The number of aliphatic hydroxyl groups is 4. The van der Waals surface area contributed by atoms with Gasteiger partial charge >= 0.3 is 5.97 Å². The molecule has 4 N–H and O–H groups in total. The first kappa shape index (κ1) is 26.4. The average molecular weight is 481 g/mol. The van der Waals surface area contributed by atoms with Crippen LogP contribution in [0.2, 0.25) is 0 Å². The second kappa shape index (κ2) is 9.32. The van der Waals surface area contributed by atoms with E-state index in [9.17, 15) is 25.2 Å². The number of cyclic esters (lactones) is 1. The van der Waals surface area contributed by atoms with Crippen LogP contribution in [0.4, 0.5) is 0 Å². The Labute approximate surface area is 205 Å². The van der Waals surface area contributed by atoms with Gasteiger partial charge < -0.3 is 25.2 Å². The van der Waals surface area contributed by atoms with Crippen LogP contribution in [0, 0.1) is 58.2 Å². The van der Waals surface area contributed by atoms with Crippen LogP contribution in [-0.4, -0.2) is 57.4 Å². The Morgan fingerprint density at radius 2 is 1.56 bits per heavy atom. The van der Waals surface area contributed by atoms with E-state index in [4.69, 9.17) is 4.74 Å². The number of carbonyl (C=O) groups is 1. The molecule has 4 aliphatic rings. The molecule has 0 aromatic heterocycles. The lowest BCUT2D eigenvalue weighted by atomic mass is 9.48. The zero-order chi connectivity index (χ0) is 25.2. The average Bonchev–Trinajstić information content (AvgIpc) is 3.09. The van der Waals surface area contributed by atoms with Crippen molar-refractivity contribution in [1.82, 2.24) is 0 Å². The van der Waals surface area contributed by atoms with Crippen molar-refractivity contribution in [3.63, 3.8) is 0 Å². The number of hydrogen-bond acceptors (Lipinski definition) is 6. The first-order valence-corrected chi connectivity index (χ1v) is 13.7. The highest BCUT2D eigenvalue weighted by Gasteiger charge is 2.63. The predicted molar refractivity (Wildman–Crippen MR) is 130 cm³/mol. The third kappa shape index (κ3) is 4.05. The molecule has 34 heavy (non-hydrogen) atoms. The molecule has 13 atom stereocenters. The van der Waals surface area contributed by atoms with E-state index in [1.807, 2.05) is 6.92 Å². The van der Waals surface area contributed by atoms with Crippen LogP contribution in [0.15, 0.2) is 0 Å². The molecule has 0 aromatic carbocycles. The lowest BCUT2D eigenvalue weighted by Crippen LogP contribution is -2.55. The van der Waals surface area contributed by atoms with Crippen molar-refractivity contribution < 1.29 is 30.0 Å². The van der Waals surface area contributed by atoms with Crippen molar-refractivity contribution in [1.29, 1.82) is 0 Å². The molecule has 1 heterocycles. The fourth-order valence-corrected chi connectivity index (χ4v) is 8.95. The van der Waals surface area contributed by atoms with Gasteiger partial charge in [-0.05, 0) is 90.8 Å². The molecule has 0 spiro atoms. The molecule has 0 bridgehead atoms. The third-order valence-corrected chi connectivity index (χ3v) is 11.5. The number of ether oxygens (including phenoxy) is 1. The Balaban J connectivity index is 1.58. The van der Waals surface area contributed by atoms with Crippen molar-refractivity contribution in [2.24, 2.45) is 58.2 Å². The topological polar surface area (TPSA) is 107 Å². The van der Waals surface area contributed by atoms with Crippen LogP contribution in [0.5, 0.6) is 0 Å². The molecule has 0 radical (unpaired) electrons. The minimum Gasteiger partial charge on any atom is -0.465 e. The van der Waals surface area contributed by atoms with E-state index >= 15 is 0 Å². The van der Waals surface area contributed by atoms with E-state index < -0.39 is 24.4 Å². The molecule has 196 valence electrons. The van der Waals surface area contributed by atoms with Crippen molar-refractivity contribution in [3.8, 4) is 0 Å². The summed E-state index contributed by atoms with van der Waals surface area (Å²) >= 11 is 0. The zero-order valence-corrected chi connectivity index (χ0v) is 22.0. The van der Waals surface area contributed by atoms with Crippen molar-refractivity contribution in [3.05, 3.63) is 0 Å². The van der Waals surface area contributed by atoms with Crippen molar-refractivity contribution >= 4 is 5.97 Å². The van der Waals surface area contributed by atoms with Crippen LogP contribution in [-0.2, 0) is 9.53 Å². The lowest BCUT2D eigenvalue weighted by molar-refractivity contribution is -0.162. The molecule has 3 aliphatic carbocycles. The number of rotatable bonds is 5. The highest BCUT2D eigenvalue weighted by atomic mass is 16.5. The van der Waals surface area contributed by atoms with E-state index in [2.05, 4.69) is 34.6 Å². The summed E-state index contributed by atoms with van der Waals surface area (Å²) in [7, 11) is 0. The number of aliphatic hydroxyl groups excluding tert-OH is 4. The Morgan fingerprint density at radius 3 is 2.21 bits per heavy atom. The standard InChI is InChI=1S/C28H48O6/c1-14(2)15(3)24(31)25(32)16(4)18-7-8-19-17-13-34-26(33)21-11-22(29)23(30)12-28(21,6)20(17)9-10-27(18,19)5/h14-25,29-32H,7-13H2,1-6H3/t15-,16+,17+,18-,19+,20+,21-,22+,23-,24-,25-,27-,28-/m1/s1. The molecule has 0 aromatic rings. The van der Waals surface area contributed by atoms with Crippen LogP contribution in [0.3, 0.4) is 0 Å². The summed E-state index contributed by atoms with van der Waals surface area (Å²) in [6.45, 7) is 13.2. The number of esters is 1. The fourth-order valence-electron chi connectivity index (χ4n) is 8.95. The van der Waals surface area contributed by atoms with Gasteiger partial charge in [-0.25, -0.2) is 0 Å². The molecule has 6 nitrogen and oxygen atoms in total. The Bertz CT molecular complexity index is 755. The fraction of sp³-hybridized carbons (Fsp3) is 0.964. The molecule has 0 amide bonds. The van der Waals surface area contributed by atoms with Gasteiger partial charge in [0.15, 0.2) is 0 Å². The second-order valence-electron chi connectivity index (χ2n) is 13.3. The zero-order valence-electron chi connectivity index (χ0n) is 22.0. The Kier molecular flexibility index (Phi) is 7.23. The van der Waals surface area contributed by atoms with Gasteiger partial charge in [0.25, 0.3) is 0 Å². The summed E-state index contributed by atoms with van der Waals surface area (Å²) < 4.78 is 5.86. The maximum atomic E-state index is 13.0. The number of hydrogen-bond donors (Lipinski definition) is 4. The highest BCUT2D eigenvalue weighted by Crippen LogP contribution is 2.66. The normalized spacial score (nSPS) is 48.1. The minimum absolute atomic E-state index is 0.00827. The maximum Gasteiger partial charge on any atom is 0.309 e. The molecule has 4 fully saturated rings. The number of fused-ring (bicyclic) bond motifs is 5. The van der Waals surface area contributed by atoms with Crippen LogP contribution >= 0.6 is 0 Å². The summed E-state index contributed by atoms with van der Waals surface area (Å²) in [6, 6.07) is 0. The molecule has 1 saturated heterocycles. The number of carbonyl (C=O) groups excluding carboxylic acids is 1. The van der Waals surface area contributed by atoms with E-state index in [0.717, 1.165) is 25.7 Å². The summed E-state index contributed by atoms with van der Waals surface area (Å²) in [5, 5.41) is 42.9. The second-order valence-corrected chi connectivity index (χ2v) is 13.3. The van der Waals surface area contributed by atoms with Crippen LogP contribution in [0.1, 0.15) is 80.1 Å². The van der Waals surface area contributed by atoms with Gasteiger partial charge in [0.2, 0.25) is 0 Å². The predicted octanol–water partition coefficient (Wildman–Crippen LogP) is 3.39. The van der Waals surface area contributed by atoms with Gasteiger partial charge in [0.05, 0.1) is 36.9 Å². The van der Waals surface area contributed by atoms with E-state index in [0.29, 0.717) is 30.8 Å². The summed E-state index contributed by atoms with van der Waals surface area (Å²) in [5.41, 5.74) is -0.345. The largest absolute Gasteiger partial charge is 0.465 e. The SMILES string of the molecule is CC(C)[C@@H](C)[C@@H](O)[C@H](O)[C@@H](C)[C@H]1CC[C@H]2[C@@H]3COC(=O)[C@H]4C[C@H](O)[C@H](O)C[C@]4(C)[C@H]3CC[C@]12C. The summed E-state index contributed by atoms with van der Waals surface area (Å²) in [5.74, 6) is 0.948. The minimum atomic E-state index is -0.867. The molecular weight excluding hydrogens is 432 g/mol. The molecule has 6 heteroatoms. The van der Waals surface area contributed by atoms with E-state index in [1.54, 1.807) is 0 Å². The first-order valence-electron chi connectivity index (χ1n) is 13.7. The Morgan fingerprint density at radius 1 is 0.912 bits per heavy atom. The van der Waals surface area contributed by atoms with Gasteiger partial charge in [-0.2, -0.15) is 0 Å². The summed E-state index contributed by atoms with van der Waals surface area (Å²) in [4.78, 5) is 13.0. The highest BCUT2D eigenvalue weighted by molar-refractivity contribution is 5.74. The van der Waals surface area contributed by atoms with Crippen LogP contribution < -0.4 is 0 Å². The molecule has 3 saturated carbocycles. The molecule has 0 unspecified atom stereocenters. The van der Waals surface area contributed by atoms with Crippen molar-refractivity contribution in [2.45, 2.75) is 104 Å². The lowest BCUT2D eigenvalue weighted by Gasteiger charge is -2.56. The first-order chi connectivity index (χ1) is 15.8. The van der Waals surface area contributed by atoms with E-state index in [-0.39, 0.29) is 52.8 Å². The monoisotopic (exact) mass is 480 g/mol. The molecule has 4 rings (SSSR count). The van der Waals surface area contributed by atoms with Crippen LogP contribution in [0.25, 0.3) is 0 Å². The third-order valence-electron chi connectivity index (χ3n) is 11.5. The molecule has 1 aliphatic heterocycles. The van der Waals surface area contributed by atoms with E-state index in [1.165, 1.54) is 0 Å². The molecular formula is C28H48O6. The summed E-state index contributed by atoms with van der Waals surface area (Å²) in [6.07, 6.45) is 1.61. The maximum absolute atomic E-state index is 13.0. The van der Waals surface area contributed by atoms with Crippen molar-refractivity contribution in [2.75, 3.05) is 6.61 Å². The van der Waals surface area contributed by atoms with Gasteiger partial charge in [-0.3, -0.25) is 4.79 Å². The van der Waals surface area contributed by atoms with Gasteiger partial charge in [-0.15, -0.1) is 0 Å².